The molecule has 0 bridgehead atoms. The molecule has 1 aromatic heterocycles. The van der Waals surface area contributed by atoms with Crippen molar-refractivity contribution < 1.29 is 14.3 Å². The van der Waals surface area contributed by atoms with E-state index in [9.17, 15) is 9.59 Å². The summed E-state index contributed by atoms with van der Waals surface area (Å²) in [4.78, 5) is 33.9. The van der Waals surface area contributed by atoms with Crippen LogP contribution in [0.4, 0.5) is 5.69 Å². The van der Waals surface area contributed by atoms with E-state index in [4.69, 9.17) is 9.47 Å². The number of carbonyl (C=O) groups excluding carboxylic acids is 1. The zero-order valence-corrected chi connectivity index (χ0v) is 22.3. The standard InChI is InChI=1S/C28H31N3O4S/c1-7-34-27(33)24-18(4)29-28-31(25(24)20-10-14-22(15-11-20)35-17(2)3)26(32)23(36-28)16-19-8-12-21(13-9-19)30(5)6/h8-17,25H,7H2,1-6H3/b23-16-/t25-/m1/s1. The summed E-state index contributed by atoms with van der Waals surface area (Å²) in [5.41, 5.74) is 3.49. The number of carbonyl (C=O) groups is 1. The number of allylic oxidation sites excluding steroid dienone is 1. The fraction of sp³-hybridized carbons (Fsp3) is 0.321. The number of hydrogen-bond acceptors (Lipinski definition) is 7. The maximum Gasteiger partial charge on any atom is 0.338 e. The SMILES string of the molecule is CCOC(=O)C1=C(C)N=c2s/c(=C\c3ccc(N(C)C)cc3)c(=O)n2[C@@H]1c1ccc(OC(C)C)cc1. The molecule has 0 aliphatic carbocycles. The minimum atomic E-state index is -0.647. The monoisotopic (exact) mass is 505 g/mol. The van der Waals surface area contributed by atoms with Crippen LogP contribution >= 0.6 is 11.3 Å². The molecule has 0 radical (unpaired) electrons. The van der Waals surface area contributed by atoms with Crippen molar-refractivity contribution in [3.05, 3.63) is 90.6 Å². The van der Waals surface area contributed by atoms with Crippen LogP contribution in [-0.4, -0.2) is 37.3 Å². The number of fused-ring (bicyclic) bond motifs is 1. The normalized spacial score (nSPS) is 15.5. The molecule has 0 saturated heterocycles. The van der Waals surface area contributed by atoms with Crippen LogP contribution in [-0.2, 0) is 9.53 Å². The lowest BCUT2D eigenvalue weighted by Gasteiger charge is -2.25. The second-order valence-electron chi connectivity index (χ2n) is 9.02. The average molecular weight is 506 g/mol. The molecule has 0 N–H and O–H groups in total. The molecule has 2 aromatic carbocycles. The number of benzene rings is 2. The lowest BCUT2D eigenvalue weighted by molar-refractivity contribution is -0.139. The number of anilines is 1. The summed E-state index contributed by atoms with van der Waals surface area (Å²) in [5.74, 6) is 0.250. The van der Waals surface area contributed by atoms with Crippen molar-refractivity contribution in [1.82, 2.24) is 4.57 Å². The summed E-state index contributed by atoms with van der Waals surface area (Å²) >= 11 is 1.31. The van der Waals surface area contributed by atoms with E-state index >= 15 is 0 Å². The molecule has 3 aromatic rings. The highest BCUT2D eigenvalue weighted by molar-refractivity contribution is 7.07. The molecule has 188 valence electrons. The van der Waals surface area contributed by atoms with Gasteiger partial charge in [0.1, 0.15) is 5.75 Å². The molecule has 1 atom stereocenters. The molecule has 0 spiro atoms. The van der Waals surface area contributed by atoms with Crippen molar-refractivity contribution in [2.75, 3.05) is 25.6 Å². The van der Waals surface area contributed by atoms with Gasteiger partial charge in [0.15, 0.2) is 4.80 Å². The summed E-state index contributed by atoms with van der Waals surface area (Å²) in [6.07, 6.45) is 1.90. The Morgan fingerprint density at radius 3 is 2.39 bits per heavy atom. The van der Waals surface area contributed by atoms with Crippen LogP contribution in [0.25, 0.3) is 6.08 Å². The molecular weight excluding hydrogens is 474 g/mol. The topological polar surface area (TPSA) is 73.1 Å². The summed E-state index contributed by atoms with van der Waals surface area (Å²) in [6, 6.07) is 14.8. The Morgan fingerprint density at radius 1 is 1.14 bits per heavy atom. The second kappa shape index (κ2) is 10.5. The van der Waals surface area contributed by atoms with Gasteiger partial charge < -0.3 is 14.4 Å². The molecule has 0 saturated carbocycles. The van der Waals surface area contributed by atoms with Crippen molar-refractivity contribution in [2.45, 2.75) is 39.8 Å². The van der Waals surface area contributed by atoms with Crippen LogP contribution in [0.5, 0.6) is 5.75 Å². The van der Waals surface area contributed by atoms with Crippen molar-refractivity contribution in [1.29, 1.82) is 0 Å². The number of hydrogen-bond donors (Lipinski definition) is 0. The van der Waals surface area contributed by atoms with E-state index in [0.29, 0.717) is 20.6 Å². The van der Waals surface area contributed by atoms with Gasteiger partial charge in [0, 0.05) is 19.8 Å². The van der Waals surface area contributed by atoms with Gasteiger partial charge in [-0.15, -0.1) is 0 Å². The Balaban J connectivity index is 1.86. The smallest absolute Gasteiger partial charge is 0.338 e. The fourth-order valence-corrected chi connectivity index (χ4v) is 5.17. The lowest BCUT2D eigenvalue weighted by Crippen LogP contribution is -2.39. The van der Waals surface area contributed by atoms with Gasteiger partial charge >= 0.3 is 5.97 Å². The molecule has 1 aliphatic heterocycles. The maximum atomic E-state index is 13.7. The molecule has 1 aliphatic rings. The first-order valence-electron chi connectivity index (χ1n) is 11.9. The Morgan fingerprint density at radius 2 is 1.81 bits per heavy atom. The number of thiazole rings is 1. The van der Waals surface area contributed by atoms with Gasteiger partial charge in [-0.1, -0.05) is 35.6 Å². The number of rotatable bonds is 7. The van der Waals surface area contributed by atoms with Gasteiger partial charge in [-0.3, -0.25) is 9.36 Å². The van der Waals surface area contributed by atoms with Crippen LogP contribution in [0.3, 0.4) is 0 Å². The molecule has 0 fully saturated rings. The first kappa shape index (κ1) is 25.4. The maximum absolute atomic E-state index is 13.7. The van der Waals surface area contributed by atoms with E-state index in [1.165, 1.54) is 11.3 Å². The van der Waals surface area contributed by atoms with Crippen molar-refractivity contribution in [2.24, 2.45) is 4.99 Å². The highest BCUT2D eigenvalue weighted by Gasteiger charge is 2.33. The third kappa shape index (κ3) is 5.14. The van der Waals surface area contributed by atoms with Gasteiger partial charge in [0.05, 0.1) is 34.6 Å². The quantitative estimate of drug-likeness (QED) is 0.459. The Hall–Kier alpha value is -3.65. The molecule has 8 heteroatoms. The highest BCUT2D eigenvalue weighted by atomic mass is 32.1. The van der Waals surface area contributed by atoms with E-state index in [-0.39, 0.29) is 18.3 Å². The molecule has 36 heavy (non-hydrogen) atoms. The Labute approximate surface area is 214 Å². The number of esters is 1. The summed E-state index contributed by atoms with van der Waals surface area (Å²) in [5, 5.41) is 0. The van der Waals surface area contributed by atoms with Crippen molar-refractivity contribution in [3.63, 3.8) is 0 Å². The lowest BCUT2D eigenvalue weighted by atomic mass is 9.96. The predicted octanol–water partition coefficient (Wildman–Crippen LogP) is 3.65. The zero-order valence-electron chi connectivity index (χ0n) is 21.4. The highest BCUT2D eigenvalue weighted by Crippen LogP contribution is 2.31. The molecule has 4 rings (SSSR count). The minimum Gasteiger partial charge on any atom is -0.491 e. The van der Waals surface area contributed by atoms with Gasteiger partial charge in [0.25, 0.3) is 5.56 Å². The zero-order chi connectivity index (χ0) is 26.0. The van der Waals surface area contributed by atoms with Crippen LogP contribution in [0.1, 0.15) is 44.9 Å². The van der Waals surface area contributed by atoms with E-state index in [2.05, 4.69) is 4.99 Å². The third-order valence-electron chi connectivity index (χ3n) is 5.79. The van der Waals surface area contributed by atoms with Crippen LogP contribution in [0, 0.1) is 0 Å². The molecular formula is C28H31N3O4S. The average Bonchev–Trinajstić information content (AvgIpc) is 3.13. The van der Waals surface area contributed by atoms with Crippen molar-refractivity contribution >= 4 is 29.1 Å². The van der Waals surface area contributed by atoms with Crippen LogP contribution in [0.2, 0.25) is 0 Å². The Kier molecular flexibility index (Phi) is 7.45. The van der Waals surface area contributed by atoms with Gasteiger partial charge in [-0.05, 0) is 69.2 Å². The van der Waals surface area contributed by atoms with E-state index < -0.39 is 12.0 Å². The number of ether oxygens (including phenoxy) is 2. The summed E-state index contributed by atoms with van der Waals surface area (Å²) in [7, 11) is 3.97. The van der Waals surface area contributed by atoms with Crippen LogP contribution in [0.15, 0.2) is 69.6 Å². The fourth-order valence-electron chi connectivity index (χ4n) is 4.13. The van der Waals surface area contributed by atoms with Gasteiger partial charge in [-0.25, -0.2) is 9.79 Å². The first-order chi connectivity index (χ1) is 17.2. The summed E-state index contributed by atoms with van der Waals surface area (Å²) < 4.78 is 13.3. The first-order valence-corrected chi connectivity index (χ1v) is 12.7. The van der Waals surface area contributed by atoms with Gasteiger partial charge in [-0.2, -0.15) is 0 Å². The van der Waals surface area contributed by atoms with Crippen LogP contribution < -0.4 is 24.5 Å². The largest absolute Gasteiger partial charge is 0.491 e. The number of aromatic nitrogens is 1. The van der Waals surface area contributed by atoms with E-state index in [1.54, 1.807) is 18.4 Å². The van der Waals surface area contributed by atoms with Gasteiger partial charge in [0.2, 0.25) is 0 Å². The summed E-state index contributed by atoms with van der Waals surface area (Å²) in [6.45, 7) is 7.70. The molecule has 0 amide bonds. The Bertz CT molecular complexity index is 1460. The molecule has 2 heterocycles. The molecule has 0 unspecified atom stereocenters. The minimum absolute atomic E-state index is 0.0394. The second-order valence-corrected chi connectivity index (χ2v) is 10.0. The van der Waals surface area contributed by atoms with E-state index in [1.807, 2.05) is 87.4 Å². The predicted molar refractivity (Wildman–Crippen MR) is 143 cm³/mol. The third-order valence-corrected chi connectivity index (χ3v) is 6.77. The van der Waals surface area contributed by atoms with Crippen molar-refractivity contribution in [3.8, 4) is 5.75 Å². The number of nitrogens with zero attached hydrogens (tertiary/aromatic N) is 3. The van der Waals surface area contributed by atoms with E-state index in [0.717, 1.165) is 22.6 Å². The molecule has 7 nitrogen and oxygen atoms in total.